The van der Waals surface area contributed by atoms with E-state index in [2.05, 4.69) is 32.0 Å². The molecule has 0 heterocycles. The Morgan fingerprint density at radius 1 is 0.875 bits per heavy atom. The molecule has 0 saturated heterocycles. The van der Waals surface area contributed by atoms with Gasteiger partial charge in [0.25, 0.3) is 0 Å². The summed E-state index contributed by atoms with van der Waals surface area (Å²) in [6.07, 6.45) is 6.71. The molecular formula is C21H26O3. The lowest BCUT2D eigenvalue weighted by atomic mass is 10.1. The number of aliphatic hydroxyl groups excluding tert-OH is 2. The highest BCUT2D eigenvalue weighted by molar-refractivity contribution is 5.54. The van der Waals surface area contributed by atoms with Crippen LogP contribution in [0.15, 0.2) is 60.9 Å². The molecule has 0 aromatic heterocycles. The van der Waals surface area contributed by atoms with Gasteiger partial charge in [-0.25, -0.2) is 0 Å². The van der Waals surface area contributed by atoms with E-state index in [1.807, 2.05) is 37.3 Å². The minimum Gasteiger partial charge on any atom is -0.465 e. The summed E-state index contributed by atoms with van der Waals surface area (Å²) in [5.74, 6) is 0.791. The third-order valence-corrected chi connectivity index (χ3v) is 3.22. The number of aryl methyl sites for hydroxylation is 3. The summed E-state index contributed by atoms with van der Waals surface area (Å²) in [4.78, 5) is 0. The van der Waals surface area contributed by atoms with Crippen molar-refractivity contribution in [3.63, 3.8) is 0 Å². The van der Waals surface area contributed by atoms with Crippen molar-refractivity contribution in [2.24, 2.45) is 0 Å². The van der Waals surface area contributed by atoms with Crippen LogP contribution in [0.2, 0.25) is 0 Å². The third kappa shape index (κ3) is 7.77. The highest BCUT2D eigenvalue weighted by atomic mass is 16.5. The molecule has 0 radical (unpaired) electrons. The Morgan fingerprint density at radius 2 is 1.58 bits per heavy atom. The monoisotopic (exact) mass is 326 g/mol. The van der Waals surface area contributed by atoms with Crippen molar-refractivity contribution in [3.05, 3.63) is 83.1 Å². The number of hydrogen-bond donors (Lipinski definition) is 2. The van der Waals surface area contributed by atoms with Crippen LogP contribution in [-0.2, 0) is 0 Å². The topological polar surface area (TPSA) is 49.7 Å². The molecule has 0 spiro atoms. The summed E-state index contributed by atoms with van der Waals surface area (Å²) in [5.41, 5.74) is 4.85. The Morgan fingerprint density at radius 3 is 2.21 bits per heavy atom. The number of benzene rings is 2. The van der Waals surface area contributed by atoms with E-state index in [9.17, 15) is 0 Å². The van der Waals surface area contributed by atoms with Crippen molar-refractivity contribution < 1.29 is 14.9 Å². The highest BCUT2D eigenvalue weighted by Crippen LogP contribution is 2.12. The maximum atomic E-state index is 8.59. The van der Waals surface area contributed by atoms with Gasteiger partial charge in [0.05, 0.1) is 19.5 Å². The van der Waals surface area contributed by atoms with Crippen LogP contribution >= 0.6 is 0 Å². The molecule has 0 amide bonds. The van der Waals surface area contributed by atoms with E-state index in [0.29, 0.717) is 0 Å². The standard InChI is InChI=1S/C11H14O.C10H12O2/c1-9-5-6-11(4-3-7-12)10(2)8-9;1-9-4-2-5-10(8-9)12-7-3-6-11/h3-6,8,12H,7H2,1-2H3;2-5,7-8,11H,6H2,1H3/b4-3+;7-3+. The van der Waals surface area contributed by atoms with Crippen LogP contribution in [0, 0.1) is 20.8 Å². The lowest BCUT2D eigenvalue weighted by Crippen LogP contribution is -1.83. The summed E-state index contributed by atoms with van der Waals surface area (Å²) in [6, 6.07) is 14.0. The lowest BCUT2D eigenvalue weighted by Gasteiger charge is -2.00. The average molecular weight is 326 g/mol. The molecule has 0 saturated carbocycles. The number of hydrogen-bond acceptors (Lipinski definition) is 3. The van der Waals surface area contributed by atoms with Gasteiger partial charge in [0.1, 0.15) is 5.75 Å². The fourth-order valence-electron chi connectivity index (χ4n) is 2.05. The Labute approximate surface area is 144 Å². The van der Waals surface area contributed by atoms with Crippen molar-refractivity contribution in [1.29, 1.82) is 0 Å². The smallest absolute Gasteiger partial charge is 0.126 e. The Kier molecular flexibility index (Phi) is 9.20. The molecule has 3 nitrogen and oxygen atoms in total. The zero-order valence-electron chi connectivity index (χ0n) is 14.6. The summed E-state index contributed by atoms with van der Waals surface area (Å²) in [7, 11) is 0. The van der Waals surface area contributed by atoms with Crippen molar-refractivity contribution in [2.75, 3.05) is 13.2 Å². The van der Waals surface area contributed by atoms with Crippen molar-refractivity contribution in [3.8, 4) is 5.75 Å². The normalized spacial score (nSPS) is 10.7. The second-order valence-corrected chi connectivity index (χ2v) is 5.43. The first-order valence-corrected chi connectivity index (χ1v) is 7.90. The maximum Gasteiger partial charge on any atom is 0.126 e. The van der Waals surface area contributed by atoms with Gasteiger partial charge >= 0.3 is 0 Å². The van der Waals surface area contributed by atoms with Gasteiger partial charge < -0.3 is 14.9 Å². The quantitative estimate of drug-likeness (QED) is 0.810. The van der Waals surface area contributed by atoms with Crippen LogP contribution in [0.4, 0.5) is 0 Å². The predicted octanol–water partition coefficient (Wildman–Crippen LogP) is 4.19. The maximum absolute atomic E-state index is 8.59. The molecule has 3 heteroatoms. The molecule has 0 atom stereocenters. The van der Waals surface area contributed by atoms with Crippen LogP contribution in [0.1, 0.15) is 22.3 Å². The first kappa shape index (κ1) is 19.7. The molecule has 0 aliphatic rings. The van der Waals surface area contributed by atoms with Gasteiger partial charge in [-0.3, -0.25) is 0 Å². The Bertz CT molecular complexity index is 673. The molecule has 0 bridgehead atoms. The second-order valence-electron chi connectivity index (χ2n) is 5.43. The molecule has 0 unspecified atom stereocenters. The van der Waals surface area contributed by atoms with Gasteiger partial charge in [-0.1, -0.05) is 48.0 Å². The molecule has 24 heavy (non-hydrogen) atoms. The zero-order valence-corrected chi connectivity index (χ0v) is 14.6. The molecule has 0 aliphatic carbocycles. The van der Waals surface area contributed by atoms with E-state index in [1.54, 1.807) is 12.2 Å². The molecule has 0 aliphatic heterocycles. The fraction of sp³-hybridized carbons (Fsp3) is 0.238. The number of rotatable bonds is 5. The summed E-state index contributed by atoms with van der Waals surface area (Å²) >= 11 is 0. The van der Waals surface area contributed by atoms with Crippen molar-refractivity contribution in [2.45, 2.75) is 20.8 Å². The molecular weight excluding hydrogens is 300 g/mol. The van der Waals surface area contributed by atoms with Crippen LogP contribution < -0.4 is 4.74 Å². The summed E-state index contributed by atoms with van der Waals surface area (Å²) in [5, 5.41) is 17.0. The molecule has 128 valence electrons. The highest BCUT2D eigenvalue weighted by Gasteiger charge is 1.92. The summed E-state index contributed by atoms with van der Waals surface area (Å²) < 4.78 is 5.19. The predicted molar refractivity (Wildman–Crippen MR) is 100 cm³/mol. The molecule has 2 aromatic rings. The van der Waals surface area contributed by atoms with Gasteiger partial charge in [-0.15, -0.1) is 0 Å². The van der Waals surface area contributed by atoms with E-state index in [-0.39, 0.29) is 13.2 Å². The van der Waals surface area contributed by atoms with E-state index < -0.39 is 0 Å². The Balaban J connectivity index is 0.000000240. The minimum absolute atomic E-state index is 0.00577. The molecule has 2 N–H and O–H groups in total. The summed E-state index contributed by atoms with van der Waals surface area (Å²) in [6.45, 7) is 6.26. The molecule has 2 aromatic carbocycles. The van der Waals surface area contributed by atoms with Gasteiger partial charge in [0.15, 0.2) is 0 Å². The van der Waals surface area contributed by atoms with Crippen LogP contribution in [0.25, 0.3) is 6.08 Å². The lowest BCUT2D eigenvalue weighted by molar-refractivity contribution is 0.337. The van der Waals surface area contributed by atoms with Gasteiger partial charge in [0, 0.05) is 0 Å². The largest absolute Gasteiger partial charge is 0.465 e. The fourth-order valence-corrected chi connectivity index (χ4v) is 2.05. The third-order valence-electron chi connectivity index (χ3n) is 3.22. The second kappa shape index (κ2) is 11.2. The first-order valence-electron chi connectivity index (χ1n) is 7.90. The van der Waals surface area contributed by atoms with Crippen LogP contribution in [0.5, 0.6) is 5.75 Å². The van der Waals surface area contributed by atoms with Crippen LogP contribution in [0.3, 0.4) is 0 Å². The number of ether oxygens (including phenoxy) is 1. The zero-order chi connectivity index (χ0) is 17.8. The van der Waals surface area contributed by atoms with Crippen molar-refractivity contribution >= 4 is 6.08 Å². The molecule has 0 fully saturated rings. The van der Waals surface area contributed by atoms with Gasteiger partial charge in [0.2, 0.25) is 0 Å². The Hall–Kier alpha value is -2.36. The van der Waals surface area contributed by atoms with E-state index in [4.69, 9.17) is 14.9 Å². The average Bonchev–Trinajstić information content (AvgIpc) is 2.55. The SMILES string of the molecule is Cc1ccc(/C=C/CO)c(C)c1.Cc1cccc(O/C=C/CO)c1. The van der Waals surface area contributed by atoms with Crippen molar-refractivity contribution in [1.82, 2.24) is 0 Å². The van der Waals surface area contributed by atoms with E-state index in [1.165, 1.54) is 23.0 Å². The van der Waals surface area contributed by atoms with E-state index in [0.717, 1.165) is 11.3 Å². The van der Waals surface area contributed by atoms with E-state index >= 15 is 0 Å². The van der Waals surface area contributed by atoms with Crippen LogP contribution in [-0.4, -0.2) is 23.4 Å². The number of aliphatic hydroxyl groups is 2. The van der Waals surface area contributed by atoms with Gasteiger partial charge in [-0.2, -0.15) is 0 Å². The van der Waals surface area contributed by atoms with Gasteiger partial charge in [-0.05, 0) is 55.7 Å². The molecule has 2 rings (SSSR count). The first-order chi connectivity index (χ1) is 11.6. The minimum atomic E-state index is 0.00577.